The minimum atomic E-state index is -0.349. The van der Waals surface area contributed by atoms with E-state index in [-0.39, 0.29) is 16.2 Å². The van der Waals surface area contributed by atoms with Gasteiger partial charge in [0.05, 0.1) is 49.2 Å². The summed E-state index contributed by atoms with van der Waals surface area (Å²) in [5.74, 6) is 0. The van der Waals surface area contributed by atoms with Crippen molar-refractivity contribution in [3.8, 4) is 11.3 Å². The second-order valence-corrected chi connectivity index (χ2v) is 6.85. The number of aromatic amines is 1. The highest BCUT2D eigenvalue weighted by Crippen LogP contribution is 2.34. The van der Waals surface area contributed by atoms with Crippen LogP contribution in [0.15, 0.2) is 47.3 Å². The lowest BCUT2D eigenvalue weighted by atomic mass is 10.0. The van der Waals surface area contributed by atoms with Gasteiger partial charge in [-0.3, -0.25) is 14.9 Å². The average molecular weight is 366 g/mol. The van der Waals surface area contributed by atoms with Crippen LogP contribution in [0.5, 0.6) is 0 Å². The van der Waals surface area contributed by atoms with Gasteiger partial charge in [-0.15, -0.1) is 0 Å². The largest absolute Gasteiger partial charge is 0.355 e. The van der Waals surface area contributed by atoms with Crippen LogP contribution in [0.4, 0.5) is 11.4 Å². The molecule has 4 rings (SSSR count). The lowest BCUT2D eigenvalue weighted by Crippen LogP contribution is -3.12. The summed E-state index contributed by atoms with van der Waals surface area (Å²) in [7, 11) is 2.13. The summed E-state index contributed by atoms with van der Waals surface area (Å²) < 4.78 is 0. The molecule has 1 saturated heterocycles. The fourth-order valence-electron chi connectivity index (χ4n) is 3.55. The topological polar surface area (TPSA) is 96.6 Å². The van der Waals surface area contributed by atoms with Gasteiger partial charge in [0.15, 0.2) is 0 Å². The second-order valence-electron chi connectivity index (χ2n) is 6.85. The van der Waals surface area contributed by atoms with Gasteiger partial charge in [0.1, 0.15) is 5.69 Å². The van der Waals surface area contributed by atoms with Crippen molar-refractivity contribution in [1.29, 1.82) is 0 Å². The number of nitrogens with zero attached hydrogens (tertiary/aromatic N) is 3. The molecule has 1 fully saturated rings. The van der Waals surface area contributed by atoms with Crippen molar-refractivity contribution in [2.45, 2.75) is 0 Å². The first-order chi connectivity index (χ1) is 13.0. The Morgan fingerprint density at radius 3 is 2.56 bits per heavy atom. The van der Waals surface area contributed by atoms with Crippen LogP contribution < -0.4 is 15.4 Å². The number of quaternary nitrogens is 1. The van der Waals surface area contributed by atoms with Gasteiger partial charge in [0.2, 0.25) is 0 Å². The van der Waals surface area contributed by atoms with Crippen LogP contribution in [0.1, 0.15) is 0 Å². The molecule has 27 heavy (non-hydrogen) atoms. The predicted octanol–water partition coefficient (Wildman–Crippen LogP) is 0.833. The number of hydrogen-bond donors (Lipinski definition) is 2. The highest BCUT2D eigenvalue weighted by molar-refractivity contribution is 5.94. The minimum Gasteiger partial charge on any atom is -0.355 e. The van der Waals surface area contributed by atoms with E-state index in [0.717, 1.165) is 26.2 Å². The molecule has 8 heteroatoms. The van der Waals surface area contributed by atoms with Crippen molar-refractivity contribution >= 4 is 22.1 Å². The van der Waals surface area contributed by atoms with Crippen molar-refractivity contribution in [2.75, 3.05) is 38.1 Å². The molecule has 8 nitrogen and oxygen atoms in total. The van der Waals surface area contributed by atoms with Crippen LogP contribution >= 0.6 is 0 Å². The quantitative estimate of drug-likeness (QED) is 0.529. The first-order valence-electron chi connectivity index (χ1n) is 8.87. The van der Waals surface area contributed by atoms with Crippen molar-refractivity contribution in [1.82, 2.24) is 10.2 Å². The number of piperazine rings is 1. The van der Waals surface area contributed by atoms with Gasteiger partial charge in [-0.2, -0.15) is 5.10 Å². The number of nitro groups is 1. The minimum absolute atomic E-state index is 0.0594. The van der Waals surface area contributed by atoms with Crippen LogP contribution in [0.25, 0.3) is 22.0 Å². The van der Waals surface area contributed by atoms with E-state index in [0.29, 0.717) is 27.7 Å². The van der Waals surface area contributed by atoms with Gasteiger partial charge in [-0.25, -0.2) is 5.10 Å². The van der Waals surface area contributed by atoms with E-state index in [9.17, 15) is 14.9 Å². The third-order valence-corrected chi connectivity index (χ3v) is 5.10. The zero-order chi connectivity index (χ0) is 19.0. The van der Waals surface area contributed by atoms with Crippen LogP contribution in [0.3, 0.4) is 0 Å². The van der Waals surface area contributed by atoms with Crippen molar-refractivity contribution in [3.63, 3.8) is 0 Å². The summed E-state index contributed by atoms with van der Waals surface area (Å²) in [6.07, 6.45) is 0. The molecule has 2 N–H and O–H groups in total. The molecular weight excluding hydrogens is 346 g/mol. The lowest BCUT2D eigenvalue weighted by molar-refractivity contribution is -0.880. The normalized spacial score (nSPS) is 15.2. The molecule has 2 heterocycles. The Balaban J connectivity index is 1.82. The highest BCUT2D eigenvalue weighted by atomic mass is 16.6. The molecular formula is C19H20N5O3+. The molecule has 1 aliphatic heterocycles. The number of aromatic nitrogens is 2. The number of H-pyrrole nitrogens is 1. The van der Waals surface area contributed by atoms with Gasteiger partial charge in [-0.1, -0.05) is 24.3 Å². The second kappa shape index (κ2) is 6.81. The summed E-state index contributed by atoms with van der Waals surface area (Å²) in [6.45, 7) is 3.47. The van der Waals surface area contributed by atoms with E-state index in [1.54, 1.807) is 30.3 Å². The third kappa shape index (κ3) is 3.15. The monoisotopic (exact) mass is 366 g/mol. The van der Waals surface area contributed by atoms with Crippen LogP contribution in [-0.4, -0.2) is 48.3 Å². The Morgan fingerprint density at radius 2 is 1.85 bits per heavy atom. The van der Waals surface area contributed by atoms with Gasteiger partial charge >= 0.3 is 0 Å². The number of likely N-dealkylation sites (N-methyl/N-ethyl adjacent to an activating group) is 1. The van der Waals surface area contributed by atoms with Crippen LogP contribution in [0.2, 0.25) is 0 Å². The maximum Gasteiger partial charge on any atom is 0.293 e. The molecule has 0 saturated carbocycles. The standard InChI is InChI=1S/C19H19N5O3/c1-22-8-10-23(11-9-22)16-7-6-13(12-17(16)24(26)27)18-14-4-2-3-5-15(14)19(25)21-20-18/h2-7,12H,8-11H2,1H3,(H,21,25)/p+1. The maximum atomic E-state index is 12.0. The van der Waals surface area contributed by atoms with E-state index in [1.165, 1.54) is 4.90 Å². The van der Waals surface area contributed by atoms with E-state index >= 15 is 0 Å². The SMILES string of the molecule is C[NH+]1CCN(c2ccc(-c3n[nH]c(=O)c4ccccc34)cc2[N+](=O)[O-])CC1. The van der Waals surface area contributed by atoms with Gasteiger partial charge in [0, 0.05) is 17.0 Å². The smallest absolute Gasteiger partial charge is 0.293 e. The number of benzene rings is 2. The Kier molecular flexibility index (Phi) is 4.33. The highest BCUT2D eigenvalue weighted by Gasteiger charge is 2.25. The Labute approximate surface area is 155 Å². The molecule has 3 aromatic rings. The zero-order valence-corrected chi connectivity index (χ0v) is 14.9. The molecule has 1 aliphatic rings. The molecule has 0 spiro atoms. The predicted molar refractivity (Wildman–Crippen MR) is 103 cm³/mol. The van der Waals surface area contributed by atoms with Crippen molar-refractivity contribution < 1.29 is 9.82 Å². The Hall–Kier alpha value is -3.26. The van der Waals surface area contributed by atoms with Gasteiger partial charge in [-0.05, 0) is 12.1 Å². The summed E-state index contributed by atoms with van der Waals surface area (Å²) >= 11 is 0. The number of anilines is 1. The molecule has 0 unspecified atom stereocenters. The zero-order valence-electron chi connectivity index (χ0n) is 14.9. The lowest BCUT2D eigenvalue weighted by Gasteiger charge is -2.31. The van der Waals surface area contributed by atoms with Crippen LogP contribution in [-0.2, 0) is 0 Å². The Morgan fingerprint density at radius 1 is 1.15 bits per heavy atom. The summed E-state index contributed by atoms with van der Waals surface area (Å²) in [5, 5.41) is 19.5. The number of rotatable bonds is 3. The first kappa shape index (κ1) is 17.2. The molecule has 0 aliphatic carbocycles. The first-order valence-corrected chi connectivity index (χ1v) is 8.87. The number of nitro benzene ring substituents is 1. The van der Waals surface area contributed by atoms with E-state index < -0.39 is 0 Å². The summed E-state index contributed by atoms with van der Waals surface area (Å²) in [4.78, 5) is 26.9. The van der Waals surface area contributed by atoms with Gasteiger partial charge < -0.3 is 9.80 Å². The molecule has 0 atom stereocenters. The van der Waals surface area contributed by atoms with E-state index in [1.807, 2.05) is 12.1 Å². The van der Waals surface area contributed by atoms with E-state index in [4.69, 9.17) is 0 Å². The fraction of sp³-hybridized carbons (Fsp3) is 0.263. The van der Waals surface area contributed by atoms with Crippen molar-refractivity contribution in [3.05, 3.63) is 62.9 Å². The molecule has 0 bridgehead atoms. The molecule has 0 amide bonds. The number of fused-ring (bicyclic) bond motifs is 1. The van der Waals surface area contributed by atoms with E-state index in [2.05, 4.69) is 22.1 Å². The Bertz CT molecular complexity index is 1070. The number of hydrogen-bond acceptors (Lipinski definition) is 5. The molecule has 1 aromatic heterocycles. The van der Waals surface area contributed by atoms with Crippen molar-refractivity contribution in [2.24, 2.45) is 0 Å². The molecule has 2 aromatic carbocycles. The molecule has 0 radical (unpaired) electrons. The maximum absolute atomic E-state index is 12.0. The van der Waals surface area contributed by atoms with Crippen LogP contribution in [0, 0.1) is 10.1 Å². The summed E-state index contributed by atoms with van der Waals surface area (Å²) in [5.41, 5.74) is 1.55. The molecule has 138 valence electrons. The average Bonchev–Trinajstić information content (AvgIpc) is 2.69. The van der Waals surface area contributed by atoms with Gasteiger partial charge in [0.25, 0.3) is 11.2 Å². The summed E-state index contributed by atoms with van der Waals surface area (Å²) in [6, 6.07) is 12.3. The number of nitrogens with one attached hydrogen (secondary N) is 2. The fourth-order valence-corrected chi connectivity index (χ4v) is 3.55. The third-order valence-electron chi connectivity index (χ3n) is 5.10.